The molecule has 0 amide bonds. The Morgan fingerprint density at radius 2 is 1.13 bits per heavy atom. The Labute approximate surface area is 135 Å². The van der Waals surface area contributed by atoms with Crippen molar-refractivity contribution in [3.63, 3.8) is 0 Å². The van der Waals surface area contributed by atoms with Crippen LogP contribution in [0, 0.1) is 5.92 Å². The monoisotopic (exact) mass is 314 g/mol. The summed E-state index contributed by atoms with van der Waals surface area (Å²) in [6.07, 6.45) is 5.78. The number of phenols is 4. The smallest absolute Gasteiger partial charge is 0.157 e. The Hall–Kier alpha value is -2.36. The van der Waals surface area contributed by atoms with Crippen LogP contribution in [0.4, 0.5) is 0 Å². The highest BCUT2D eigenvalue weighted by atomic mass is 16.3. The van der Waals surface area contributed by atoms with E-state index in [1.54, 1.807) is 12.1 Å². The van der Waals surface area contributed by atoms with E-state index < -0.39 is 0 Å². The molecular weight excluding hydrogens is 292 g/mol. The number of hydrogen-bond acceptors (Lipinski definition) is 4. The van der Waals surface area contributed by atoms with Gasteiger partial charge in [-0.25, -0.2) is 0 Å². The van der Waals surface area contributed by atoms with Gasteiger partial charge in [0, 0.05) is 5.92 Å². The molecule has 0 aromatic heterocycles. The van der Waals surface area contributed by atoms with Crippen molar-refractivity contribution in [2.75, 3.05) is 0 Å². The number of hydrogen-bond donors (Lipinski definition) is 4. The molecule has 0 bridgehead atoms. The van der Waals surface area contributed by atoms with Gasteiger partial charge in [-0.2, -0.15) is 0 Å². The fourth-order valence-corrected chi connectivity index (χ4v) is 3.67. The lowest BCUT2D eigenvalue weighted by molar-refractivity contribution is 0.325. The molecule has 4 nitrogen and oxygen atoms in total. The maximum atomic E-state index is 9.85. The van der Waals surface area contributed by atoms with Crippen molar-refractivity contribution in [3.05, 3.63) is 47.5 Å². The summed E-state index contributed by atoms with van der Waals surface area (Å²) >= 11 is 0. The minimum Gasteiger partial charge on any atom is -0.504 e. The third kappa shape index (κ3) is 3.21. The summed E-state index contributed by atoms with van der Waals surface area (Å²) < 4.78 is 0. The van der Waals surface area contributed by atoms with Crippen molar-refractivity contribution >= 4 is 0 Å². The van der Waals surface area contributed by atoms with Crippen molar-refractivity contribution in [1.29, 1.82) is 0 Å². The Morgan fingerprint density at radius 1 is 0.652 bits per heavy atom. The number of benzene rings is 2. The fraction of sp³-hybridized carbons (Fsp3) is 0.368. The summed E-state index contributed by atoms with van der Waals surface area (Å²) in [7, 11) is 0. The average Bonchev–Trinajstić information content (AvgIpc) is 2.55. The first-order valence-electron chi connectivity index (χ1n) is 8.10. The van der Waals surface area contributed by atoms with Crippen LogP contribution in [0.25, 0.3) is 0 Å². The fourth-order valence-electron chi connectivity index (χ4n) is 3.67. The molecule has 0 aliphatic heterocycles. The van der Waals surface area contributed by atoms with Gasteiger partial charge in [-0.05, 0) is 54.2 Å². The standard InChI is InChI=1S/C19H22O4/c20-15-8-6-13(10-17(15)22)19(12-4-2-1-3-5-12)14-7-9-16(21)18(23)11-14/h6-12,19-23H,1-5H2. The van der Waals surface area contributed by atoms with Gasteiger partial charge < -0.3 is 20.4 Å². The van der Waals surface area contributed by atoms with Crippen LogP contribution in [0.1, 0.15) is 49.1 Å². The van der Waals surface area contributed by atoms with Gasteiger partial charge in [0.05, 0.1) is 0 Å². The molecular formula is C19H22O4. The third-order valence-electron chi connectivity index (χ3n) is 4.84. The molecule has 2 aromatic carbocycles. The lowest BCUT2D eigenvalue weighted by Gasteiger charge is -2.31. The number of rotatable bonds is 3. The molecule has 122 valence electrons. The van der Waals surface area contributed by atoms with E-state index >= 15 is 0 Å². The summed E-state index contributed by atoms with van der Waals surface area (Å²) in [6.45, 7) is 0. The lowest BCUT2D eigenvalue weighted by Crippen LogP contribution is -2.17. The Bertz CT molecular complexity index is 638. The van der Waals surface area contributed by atoms with Crippen LogP contribution in [0.15, 0.2) is 36.4 Å². The van der Waals surface area contributed by atoms with E-state index in [1.807, 2.05) is 12.1 Å². The topological polar surface area (TPSA) is 80.9 Å². The molecule has 0 atom stereocenters. The molecule has 0 radical (unpaired) electrons. The van der Waals surface area contributed by atoms with Crippen LogP contribution < -0.4 is 0 Å². The molecule has 3 rings (SSSR count). The third-order valence-corrected chi connectivity index (χ3v) is 4.84. The molecule has 0 unspecified atom stereocenters. The zero-order chi connectivity index (χ0) is 16.4. The van der Waals surface area contributed by atoms with E-state index in [0.29, 0.717) is 5.92 Å². The molecule has 4 heteroatoms. The van der Waals surface area contributed by atoms with Crippen LogP contribution >= 0.6 is 0 Å². The van der Waals surface area contributed by atoms with E-state index in [4.69, 9.17) is 0 Å². The molecule has 0 saturated heterocycles. The van der Waals surface area contributed by atoms with Crippen molar-refractivity contribution < 1.29 is 20.4 Å². The first-order chi connectivity index (χ1) is 11.1. The van der Waals surface area contributed by atoms with Gasteiger partial charge in [-0.1, -0.05) is 31.4 Å². The second-order valence-electron chi connectivity index (χ2n) is 6.37. The maximum absolute atomic E-state index is 9.85. The van der Waals surface area contributed by atoms with Gasteiger partial charge in [0.1, 0.15) is 0 Å². The maximum Gasteiger partial charge on any atom is 0.157 e. The molecule has 2 aromatic rings. The molecule has 1 saturated carbocycles. The summed E-state index contributed by atoms with van der Waals surface area (Å²) in [5, 5.41) is 38.8. The molecule has 1 fully saturated rings. The van der Waals surface area contributed by atoms with E-state index in [-0.39, 0.29) is 28.9 Å². The van der Waals surface area contributed by atoms with Crippen molar-refractivity contribution in [3.8, 4) is 23.0 Å². The molecule has 1 aliphatic rings. The summed E-state index contributed by atoms with van der Waals surface area (Å²) in [5.41, 5.74) is 1.83. The van der Waals surface area contributed by atoms with E-state index in [9.17, 15) is 20.4 Å². The Morgan fingerprint density at radius 3 is 1.57 bits per heavy atom. The van der Waals surface area contributed by atoms with Crippen molar-refractivity contribution in [1.82, 2.24) is 0 Å². The lowest BCUT2D eigenvalue weighted by atomic mass is 9.73. The zero-order valence-corrected chi connectivity index (χ0v) is 12.9. The van der Waals surface area contributed by atoms with Gasteiger partial charge in [-0.3, -0.25) is 0 Å². The first-order valence-corrected chi connectivity index (χ1v) is 8.10. The van der Waals surface area contributed by atoms with Gasteiger partial charge in [0.25, 0.3) is 0 Å². The molecule has 0 spiro atoms. The van der Waals surface area contributed by atoms with Crippen molar-refractivity contribution in [2.24, 2.45) is 5.92 Å². The van der Waals surface area contributed by atoms with Gasteiger partial charge in [0.2, 0.25) is 0 Å². The SMILES string of the molecule is Oc1ccc(C(c2ccc(O)c(O)c2)C2CCCCC2)cc1O. The highest BCUT2D eigenvalue weighted by molar-refractivity contribution is 5.48. The van der Waals surface area contributed by atoms with Gasteiger partial charge in [0.15, 0.2) is 23.0 Å². The predicted molar refractivity (Wildman–Crippen MR) is 88.0 cm³/mol. The van der Waals surface area contributed by atoms with E-state index in [1.165, 1.54) is 31.4 Å². The van der Waals surface area contributed by atoms with Crippen LogP contribution in [-0.2, 0) is 0 Å². The van der Waals surface area contributed by atoms with E-state index in [0.717, 1.165) is 24.0 Å². The molecule has 1 aliphatic carbocycles. The van der Waals surface area contributed by atoms with Crippen LogP contribution in [0.5, 0.6) is 23.0 Å². The van der Waals surface area contributed by atoms with Gasteiger partial charge >= 0.3 is 0 Å². The highest BCUT2D eigenvalue weighted by Gasteiger charge is 2.27. The van der Waals surface area contributed by atoms with Crippen LogP contribution in [0.3, 0.4) is 0 Å². The van der Waals surface area contributed by atoms with Crippen LogP contribution in [-0.4, -0.2) is 20.4 Å². The largest absolute Gasteiger partial charge is 0.504 e. The number of aromatic hydroxyl groups is 4. The summed E-state index contributed by atoms with van der Waals surface area (Å²) in [5.74, 6) is -0.100. The van der Waals surface area contributed by atoms with Crippen molar-refractivity contribution in [2.45, 2.75) is 38.0 Å². The molecule has 0 heterocycles. The molecule has 23 heavy (non-hydrogen) atoms. The normalized spacial score (nSPS) is 15.9. The highest BCUT2D eigenvalue weighted by Crippen LogP contribution is 2.43. The molecule has 4 N–H and O–H groups in total. The minimum absolute atomic E-state index is 0.0216. The Kier molecular flexibility index (Phi) is 4.33. The zero-order valence-electron chi connectivity index (χ0n) is 12.9. The Balaban J connectivity index is 2.04. The minimum atomic E-state index is -0.135. The van der Waals surface area contributed by atoms with Crippen LogP contribution in [0.2, 0.25) is 0 Å². The predicted octanol–water partition coefficient (Wildman–Crippen LogP) is 4.22. The first kappa shape index (κ1) is 15.5. The van der Waals surface area contributed by atoms with E-state index in [2.05, 4.69) is 0 Å². The summed E-state index contributed by atoms with van der Waals surface area (Å²) in [4.78, 5) is 0. The quantitative estimate of drug-likeness (QED) is 0.639. The van der Waals surface area contributed by atoms with Gasteiger partial charge in [-0.15, -0.1) is 0 Å². The second kappa shape index (κ2) is 6.41. The average molecular weight is 314 g/mol. The number of phenolic OH excluding ortho intramolecular Hbond substituents is 4. The summed E-state index contributed by atoms with van der Waals surface area (Å²) in [6, 6.07) is 9.83. The second-order valence-corrected chi connectivity index (χ2v) is 6.37.